The van der Waals surface area contributed by atoms with Crippen LogP contribution in [0, 0.1) is 5.92 Å². The van der Waals surface area contributed by atoms with Gasteiger partial charge in [0.2, 0.25) is 30.0 Å². The van der Waals surface area contributed by atoms with E-state index in [0.717, 1.165) is 18.9 Å². The summed E-state index contributed by atoms with van der Waals surface area (Å²) in [6, 6.07) is -2.51. The minimum atomic E-state index is -1.30. The Morgan fingerprint density at radius 3 is 1.67 bits per heavy atom. The van der Waals surface area contributed by atoms with Crippen LogP contribution in [0.5, 0.6) is 0 Å². The summed E-state index contributed by atoms with van der Waals surface area (Å²) in [5.41, 5.74) is 0. The van der Waals surface area contributed by atoms with Crippen LogP contribution in [0.25, 0.3) is 0 Å². The number of rotatable bonds is 35. The molecule has 0 heterocycles. The number of amides is 6. The fourth-order valence-electron chi connectivity index (χ4n) is 5.74. The maximum Gasteiger partial charge on any atom is 0.326 e. The first kappa shape index (κ1) is 54.0. The van der Waals surface area contributed by atoms with Gasteiger partial charge in [0.25, 0.3) is 5.91 Å². The van der Waals surface area contributed by atoms with Crippen LogP contribution in [0.15, 0.2) is 12.2 Å². The van der Waals surface area contributed by atoms with Gasteiger partial charge in [0.1, 0.15) is 18.6 Å². The first-order valence-electron chi connectivity index (χ1n) is 20.7. The molecule has 0 aromatic carbocycles. The fraction of sp³-hybridized carbons (Fsp3) is 0.775. The first-order valence-corrected chi connectivity index (χ1v) is 20.7. The zero-order valence-corrected chi connectivity index (χ0v) is 35.0. The summed E-state index contributed by atoms with van der Waals surface area (Å²) >= 11 is 0. The zero-order chi connectivity index (χ0) is 43.9. The van der Waals surface area contributed by atoms with Crippen molar-refractivity contribution in [3.8, 4) is 0 Å². The summed E-state index contributed by atoms with van der Waals surface area (Å²) in [6.07, 6.45) is 6.95. The number of nitrogens with zero attached hydrogens (tertiary/aromatic N) is 2. The Hall–Kier alpha value is -3.97. The summed E-state index contributed by atoms with van der Waals surface area (Å²) in [5.74, 6) is -3.84. The van der Waals surface area contributed by atoms with E-state index in [4.69, 9.17) is 10.2 Å². The van der Waals surface area contributed by atoms with Crippen molar-refractivity contribution in [2.75, 3.05) is 45.9 Å². The molecule has 0 saturated heterocycles. The number of aliphatic hydroxyl groups excluding tert-OH is 4. The topological polar surface area (TPSA) is 275 Å². The monoisotopic (exact) mass is 829 g/mol. The smallest absolute Gasteiger partial charge is 0.326 e. The molecule has 0 spiro atoms. The van der Waals surface area contributed by atoms with E-state index in [9.17, 15) is 48.9 Å². The summed E-state index contributed by atoms with van der Waals surface area (Å²) in [6.45, 7) is 8.39. The van der Waals surface area contributed by atoms with Crippen LogP contribution < -0.4 is 21.3 Å². The summed E-state index contributed by atoms with van der Waals surface area (Å²) in [4.78, 5) is 89.4. The van der Waals surface area contributed by atoms with Crippen LogP contribution in [0.3, 0.4) is 0 Å². The van der Waals surface area contributed by atoms with Crippen molar-refractivity contribution < 1.29 is 59.1 Å². The summed E-state index contributed by atoms with van der Waals surface area (Å²) in [7, 11) is 0. The average molecular weight is 829 g/mol. The highest BCUT2D eigenvalue weighted by Gasteiger charge is 2.27. The number of carboxylic acids is 1. The molecule has 0 aliphatic heterocycles. The Labute approximate surface area is 343 Å². The number of imide groups is 1. The molecular formula is C40H72N6O12. The number of unbranched alkanes of at least 4 members (excludes halogenated alkanes) is 4. The minimum absolute atomic E-state index is 0.0105. The molecule has 0 saturated carbocycles. The van der Waals surface area contributed by atoms with Crippen LogP contribution in [-0.4, -0.2) is 154 Å². The third-order valence-electron chi connectivity index (χ3n) is 9.67. The Bertz CT molecular complexity index is 1230. The number of aliphatic carboxylic acids is 1. The van der Waals surface area contributed by atoms with Crippen molar-refractivity contribution in [3.05, 3.63) is 12.2 Å². The highest BCUT2D eigenvalue weighted by atomic mass is 16.4. The van der Waals surface area contributed by atoms with Gasteiger partial charge in [-0.2, -0.15) is 0 Å². The SMILES string of the molecule is C/C=C\C(=O)N(C=O)CC(=O)NC(CCCCN(CCCCC(O)CO)CCCCC(O)CO)C(=O)N[C@@H](CCCCNC(=O)CCC(=O)NC(C)C(C)C)C(=O)O. The maximum absolute atomic E-state index is 13.5. The number of carbonyl (C=O) groups is 7. The zero-order valence-electron chi connectivity index (χ0n) is 35.0. The van der Waals surface area contributed by atoms with Crippen LogP contribution in [-0.2, 0) is 33.6 Å². The molecule has 0 aromatic rings. The van der Waals surface area contributed by atoms with Gasteiger partial charge in [-0.1, -0.05) is 19.9 Å². The van der Waals surface area contributed by atoms with E-state index >= 15 is 0 Å². The van der Waals surface area contributed by atoms with E-state index in [1.54, 1.807) is 6.92 Å². The molecule has 334 valence electrons. The number of allylic oxidation sites excluding steroid dienone is 1. The fourth-order valence-corrected chi connectivity index (χ4v) is 5.74. The van der Waals surface area contributed by atoms with Crippen LogP contribution in [0.2, 0.25) is 0 Å². The van der Waals surface area contributed by atoms with Gasteiger partial charge in [-0.05, 0) is 123 Å². The number of nitrogens with one attached hydrogen (secondary N) is 4. The van der Waals surface area contributed by atoms with E-state index in [0.29, 0.717) is 75.9 Å². The van der Waals surface area contributed by atoms with Crippen LogP contribution in [0.4, 0.5) is 0 Å². The molecule has 0 aliphatic rings. The lowest BCUT2D eigenvalue weighted by Gasteiger charge is -2.24. The molecular weight excluding hydrogens is 756 g/mol. The number of hydrogen-bond donors (Lipinski definition) is 9. The lowest BCUT2D eigenvalue weighted by atomic mass is 10.1. The normalized spacial score (nSPS) is 14.0. The number of carbonyl (C=O) groups excluding carboxylic acids is 6. The van der Waals surface area contributed by atoms with E-state index in [1.165, 1.54) is 6.08 Å². The first-order chi connectivity index (χ1) is 27.6. The molecule has 0 aromatic heterocycles. The number of hydrogen-bond acceptors (Lipinski definition) is 12. The number of carboxylic acid groups (broad SMARTS) is 1. The van der Waals surface area contributed by atoms with E-state index < -0.39 is 54.5 Å². The van der Waals surface area contributed by atoms with Gasteiger partial charge in [-0.15, -0.1) is 0 Å². The molecule has 0 rings (SSSR count). The second-order valence-electron chi connectivity index (χ2n) is 15.0. The highest BCUT2D eigenvalue weighted by Crippen LogP contribution is 2.11. The van der Waals surface area contributed by atoms with Crippen LogP contribution >= 0.6 is 0 Å². The molecule has 0 radical (unpaired) electrons. The summed E-state index contributed by atoms with van der Waals surface area (Å²) in [5, 5.41) is 58.1. The van der Waals surface area contributed by atoms with Crippen LogP contribution in [0.1, 0.15) is 118 Å². The lowest BCUT2D eigenvalue weighted by molar-refractivity contribution is -0.143. The van der Waals surface area contributed by atoms with Gasteiger partial charge in [-0.3, -0.25) is 33.7 Å². The Morgan fingerprint density at radius 2 is 1.17 bits per heavy atom. The third kappa shape index (κ3) is 26.9. The van der Waals surface area contributed by atoms with Crippen molar-refractivity contribution in [1.29, 1.82) is 0 Å². The molecule has 0 bridgehead atoms. The van der Waals surface area contributed by atoms with Gasteiger partial charge < -0.3 is 51.7 Å². The predicted molar refractivity (Wildman–Crippen MR) is 217 cm³/mol. The second-order valence-corrected chi connectivity index (χ2v) is 15.0. The minimum Gasteiger partial charge on any atom is -0.480 e. The molecule has 9 N–H and O–H groups in total. The van der Waals surface area contributed by atoms with Gasteiger partial charge in [0.15, 0.2) is 0 Å². The molecule has 18 heteroatoms. The Morgan fingerprint density at radius 1 is 0.655 bits per heavy atom. The molecule has 18 nitrogen and oxygen atoms in total. The van der Waals surface area contributed by atoms with Crippen molar-refractivity contribution in [2.24, 2.45) is 5.92 Å². The van der Waals surface area contributed by atoms with Gasteiger partial charge in [0.05, 0.1) is 25.4 Å². The quantitative estimate of drug-likeness (QED) is 0.0237. The van der Waals surface area contributed by atoms with E-state index in [2.05, 4.69) is 26.2 Å². The van der Waals surface area contributed by atoms with Crippen molar-refractivity contribution >= 4 is 41.9 Å². The van der Waals surface area contributed by atoms with Gasteiger partial charge in [-0.25, -0.2) is 4.79 Å². The maximum atomic E-state index is 13.5. The average Bonchev–Trinajstić information content (AvgIpc) is 3.18. The van der Waals surface area contributed by atoms with Gasteiger partial charge in [0, 0.05) is 25.4 Å². The largest absolute Gasteiger partial charge is 0.480 e. The highest BCUT2D eigenvalue weighted by molar-refractivity contribution is 5.98. The predicted octanol–water partition coefficient (Wildman–Crippen LogP) is 0.348. The van der Waals surface area contributed by atoms with Crippen molar-refractivity contribution in [3.63, 3.8) is 0 Å². The molecule has 0 aliphatic carbocycles. The number of aliphatic hydroxyl groups is 4. The molecule has 58 heavy (non-hydrogen) atoms. The summed E-state index contributed by atoms with van der Waals surface area (Å²) < 4.78 is 0. The van der Waals surface area contributed by atoms with Crippen molar-refractivity contribution in [1.82, 2.24) is 31.1 Å². The third-order valence-corrected chi connectivity index (χ3v) is 9.67. The molecule has 5 atom stereocenters. The van der Waals surface area contributed by atoms with Crippen molar-refractivity contribution in [2.45, 2.75) is 148 Å². The Balaban J connectivity index is 5.45. The van der Waals surface area contributed by atoms with E-state index in [1.807, 2.05) is 20.8 Å². The second kappa shape index (κ2) is 32.9. The van der Waals surface area contributed by atoms with E-state index in [-0.39, 0.29) is 75.6 Å². The lowest BCUT2D eigenvalue weighted by Crippen LogP contribution is -2.53. The molecule has 0 fully saturated rings. The molecule has 4 unspecified atom stereocenters. The molecule has 6 amide bonds. The Kier molecular flexibility index (Phi) is 30.7. The standard InChI is InChI=1S/C40H72N6O12/c1-5-14-38(55)46(28-49)25-37(54)43-33(17-9-13-24-45(22-11-7-15-31(50)26-47)23-12-8-16-32(51)27-48)39(56)44-34(40(57)58)18-6-10-21-41-35(52)19-20-36(53)42-30(4)29(2)3/h5,14,28-34,47-48,50-51H,6-13,15-27H2,1-4H3,(H,41,52)(H,42,53)(H,43,54)(H,44,56)(H,57,58)/b14-5-/t30?,31?,32?,33?,34-/m0/s1. The van der Waals surface area contributed by atoms with Gasteiger partial charge >= 0.3 is 5.97 Å².